The third kappa shape index (κ3) is 6.18. The lowest BCUT2D eigenvalue weighted by atomic mass is 10.1. The number of nitrogens with zero attached hydrogens (tertiary/aromatic N) is 1. The van der Waals surface area contributed by atoms with Gasteiger partial charge in [0.2, 0.25) is 15.9 Å². The lowest BCUT2D eigenvalue weighted by molar-refractivity contribution is -0.120. The van der Waals surface area contributed by atoms with Crippen molar-refractivity contribution in [2.75, 3.05) is 23.7 Å². The number of carbonyl (C=O) groups excluding carboxylic acids is 2. The van der Waals surface area contributed by atoms with Crippen LogP contribution in [0.2, 0.25) is 0 Å². The Hall–Kier alpha value is -2.74. The van der Waals surface area contributed by atoms with E-state index in [9.17, 15) is 22.4 Å². The van der Waals surface area contributed by atoms with Gasteiger partial charge in [-0.2, -0.15) is 0 Å². The van der Waals surface area contributed by atoms with Crippen LogP contribution in [0.5, 0.6) is 0 Å². The lowest BCUT2D eigenvalue weighted by Crippen LogP contribution is -2.35. The number of rotatable bonds is 9. The van der Waals surface area contributed by atoms with Crippen LogP contribution in [0.15, 0.2) is 54.6 Å². The Morgan fingerprint density at radius 3 is 2.26 bits per heavy atom. The number of amides is 1. The van der Waals surface area contributed by atoms with Gasteiger partial charge >= 0.3 is 0 Å². The summed E-state index contributed by atoms with van der Waals surface area (Å²) in [7, 11) is -2.12. The summed E-state index contributed by atoms with van der Waals surface area (Å²) in [6.07, 6.45) is -0.0983. The predicted molar refractivity (Wildman–Crippen MR) is 102 cm³/mol. The Labute approximate surface area is 158 Å². The molecule has 8 heteroatoms. The Kier molecular flexibility index (Phi) is 7.06. The average Bonchev–Trinajstić information content (AvgIpc) is 2.66. The van der Waals surface area contributed by atoms with Crippen molar-refractivity contribution in [1.82, 2.24) is 5.32 Å². The van der Waals surface area contributed by atoms with Crippen molar-refractivity contribution in [3.8, 4) is 0 Å². The Balaban J connectivity index is 1.76. The van der Waals surface area contributed by atoms with Gasteiger partial charge in [0.25, 0.3) is 0 Å². The number of hydrogen-bond acceptors (Lipinski definition) is 4. The van der Waals surface area contributed by atoms with E-state index in [1.54, 1.807) is 30.3 Å². The van der Waals surface area contributed by atoms with Crippen molar-refractivity contribution < 1.29 is 22.4 Å². The number of Topliss-reactive ketones (excluding diaryl/α,β-unsaturated/α-hetero) is 1. The van der Waals surface area contributed by atoms with Crippen LogP contribution in [0.4, 0.5) is 10.1 Å². The van der Waals surface area contributed by atoms with Gasteiger partial charge in [0, 0.05) is 32.0 Å². The summed E-state index contributed by atoms with van der Waals surface area (Å²) in [6, 6.07) is 13.7. The van der Waals surface area contributed by atoms with E-state index < -0.39 is 21.7 Å². The van der Waals surface area contributed by atoms with Gasteiger partial charge < -0.3 is 5.32 Å². The zero-order chi connectivity index (χ0) is 19.9. The molecule has 1 N–H and O–H groups in total. The van der Waals surface area contributed by atoms with Crippen molar-refractivity contribution in [1.29, 1.82) is 0 Å². The van der Waals surface area contributed by atoms with Crippen LogP contribution in [0.1, 0.15) is 23.2 Å². The van der Waals surface area contributed by atoms with Crippen molar-refractivity contribution >= 4 is 27.4 Å². The summed E-state index contributed by atoms with van der Waals surface area (Å²) >= 11 is 0. The van der Waals surface area contributed by atoms with E-state index >= 15 is 0 Å². The first kappa shape index (κ1) is 20.6. The first-order valence-corrected chi connectivity index (χ1v) is 9.97. The van der Waals surface area contributed by atoms with Gasteiger partial charge in [0.15, 0.2) is 5.78 Å². The number of anilines is 1. The van der Waals surface area contributed by atoms with Gasteiger partial charge in [0.05, 0.1) is 11.4 Å². The maximum Gasteiger partial charge on any atom is 0.236 e. The summed E-state index contributed by atoms with van der Waals surface area (Å²) < 4.78 is 38.6. The Morgan fingerprint density at radius 2 is 1.63 bits per heavy atom. The number of benzene rings is 2. The Morgan fingerprint density at radius 1 is 1.00 bits per heavy atom. The fourth-order valence-corrected chi connectivity index (χ4v) is 3.43. The summed E-state index contributed by atoms with van der Waals surface area (Å²) in [5.41, 5.74) is 0.866. The highest BCUT2D eigenvalue weighted by Gasteiger charge is 2.18. The molecule has 0 bridgehead atoms. The van der Waals surface area contributed by atoms with E-state index in [1.165, 1.54) is 31.3 Å². The molecular weight excluding hydrogens is 371 g/mol. The molecule has 0 aliphatic carbocycles. The second kappa shape index (κ2) is 9.27. The number of halogens is 1. The molecule has 0 saturated carbocycles. The SMILES string of the molecule is CN(c1ccccc1)S(=O)(=O)CCNC(=O)CCC(=O)c1ccc(F)cc1. The summed E-state index contributed by atoms with van der Waals surface area (Å²) in [5.74, 6) is -1.38. The third-order valence-corrected chi connectivity index (χ3v) is 5.73. The second-order valence-corrected chi connectivity index (χ2v) is 8.02. The molecule has 0 radical (unpaired) electrons. The highest BCUT2D eigenvalue weighted by atomic mass is 32.2. The van der Waals surface area contributed by atoms with E-state index in [2.05, 4.69) is 5.32 Å². The zero-order valence-corrected chi connectivity index (χ0v) is 15.7. The van der Waals surface area contributed by atoms with Crippen LogP contribution in [0.3, 0.4) is 0 Å². The fraction of sp³-hybridized carbons (Fsp3) is 0.263. The van der Waals surface area contributed by atoms with Crippen molar-refractivity contribution in [3.05, 3.63) is 66.0 Å². The molecule has 6 nitrogen and oxygen atoms in total. The van der Waals surface area contributed by atoms with E-state index in [0.29, 0.717) is 11.3 Å². The number of carbonyl (C=O) groups is 2. The molecule has 1 amide bonds. The van der Waals surface area contributed by atoms with Crippen molar-refractivity contribution in [2.45, 2.75) is 12.8 Å². The monoisotopic (exact) mass is 392 g/mol. The highest BCUT2D eigenvalue weighted by Crippen LogP contribution is 2.15. The lowest BCUT2D eigenvalue weighted by Gasteiger charge is -2.19. The topological polar surface area (TPSA) is 83.6 Å². The molecular formula is C19H21FN2O4S. The van der Waals surface area contributed by atoms with E-state index in [1.807, 2.05) is 0 Å². The number of nitrogens with one attached hydrogen (secondary N) is 1. The van der Waals surface area contributed by atoms with Gasteiger partial charge in [-0.05, 0) is 36.4 Å². The standard InChI is InChI=1S/C19H21FN2O4S/c1-22(17-5-3-2-4-6-17)27(25,26)14-13-21-19(24)12-11-18(23)15-7-9-16(20)10-8-15/h2-10H,11-14H2,1H3,(H,21,24). The summed E-state index contributed by atoms with van der Waals surface area (Å²) in [6.45, 7) is -0.0525. The highest BCUT2D eigenvalue weighted by molar-refractivity contribution is 7.92. The largest absolute Gasteiger partial charge is 0.355 e. The molecule has 0 aliphatic heterocycles. The molecule has 0 unspecified atom stereocenters. The quantitative estimate of drug-likeness (QED) is 0.664. The van der Waals surface area contributed by atoms with Gasteiger partial charge in [-0.3, -0.25) is 13.9 Å². The average molecular weight is 392 g/mol. The molecule has 0 saturated heterocycles. The minimum absolute atomic E-state index is 0.0336. The smallest absolute Gasteiger partial charge is 0.236 e. The number of ketones is 1. The van der Waals surface area contributed by atoms with Crippen LogP contribution in [0.25, 0.3) is 0 Å². The van der Waals surface area contributed by atoms with Crippen LogP contribution in [0, 0.1) is 5.82 Å². The van der Waals surface area contributed by atoms with E-state index in [-0.39, 0.29) is 30.9 Å². The van der Waals surface area contributed by atoms with Crippen LogP contribution < -0.4 is 9.62 Å². The molecule has 2 aromatic rings. The molecule has 0 fully saturated rings. The Bertz CT molecular complexity index is 884. The van der Waals surface area contributed by atoms with Crippen LogP contribution in [-0.4, -0.2) is 39.5 Å². The number of hydrogen-bond donors (Lipinski definition) is 1. The van der Waals surface area contributed by atoms with Crippen LogP contribution >= 0.6 is 0 Å². The maximum absolute atomic E-state index is 12.8. The molecule has 0 aliphatic rings. The van der Waals surface area contributed by atoms with Gasteiger partial charge in [-0.25, -0.2) is 12.8 Å². The molecule has 2 rings (SSSR count). The number of para-hydroxylation sites is 1. The molecule has 0 aromatic heterocycles. The first-order chi connectivity index (χ1) is 12.8. The van der Waals surface area contributed by atoms with Gasteiger partial charge in [-0.15, -0.1) is 0 Å². The normalized spacial score (nSPS) is 11.0. The fourth-order valence-electron chi connectivity index (χ4n) is 2.35. The van der Waals surface area contributed by atoms with Gasteiger partial charge in [0.1, 0.15) is 5.82 Å². The molecule has 0 atom stereocenters. The second-order valence-electron chi connectivity index (χ2n) is 5.90. The molecule has 2 aromatic carbocycles. The van der Waals surface area contributed by atoms with Crippen molar-refractivity contribution in [2.24, 2.45) is 0 Å². The van der Waals surface area contributed by atoms with E-state index in [0.717, 1.165) is 4.31 Å². The van der Waals surface area contributed by atoms with Crippen molar-refractivity contribution in [3.63, 3.8) is 0 Å². The van der Waals surface area contributed by atoms with Gasteiger partial charge in [-0.1, -0.05) is 18.2 Å². The van der Waals surface area contributed by atoms with E-state index in [4.69, 9.17) is 0 Å². The maximum atomic E-state index is 12.8. The predicted octanol–water partition coefficient (Wildman–Crippen LogP) is 2.37. The van der Waals surface area contributed by atoms with Crippen LogP contribution in [-0.2, 0) is 14.8 Å². The summed E-state index contributed by atoms with van der Waals surface area (Å²) in [4.78, 5) is 23.8. The minimum Gasteiger partial charge on any atom is -0.355 e. The number of sulfonamides is 1. The minimum atomic E-state index is -3.57. The summed E-state index contributed by atoms with van der Waals surface area (Å²) in [5, 5.41) is 2.50. The molecule has 144 valence electrons. The zero-order valence-electron chi connectivity index (χ0n) is 14.9. The molecule has 0 spiro atoms. The first-order valence-electron chi connectivity index (χ1n) is 8.37. The molecule has 27 heavy (non-hydrogen) atoms. The third-order valence-electron chi connectivity index (χ3n) is 3.96. The molecule has 0 heterocycles.